The average Bonchev–Trinajstić information content (AvgIpc) is 3.14. The Kier molecular flexibility index (Phi) is 5.26. The minimum absolute atomic E-state index is 0.0694. The molecule has 1 aromatic heterocycles. The van der Waals surface area contributed by atoms with Crippen LogP contribution in [0.1, 0.15) is 16.2 Å². The molecular formula is C21H19F2N3O3. The fraction of sp³-hybridized carbons (Fsp3) is 0.238. The van der Waals surface area contributed by atoms with Gasteiger partial charge in [-0.15, -0.1) is 0 Å². The summed E-state index contributed by atoms with van der Waals surface area (Å²) in [5, 5.41) is 2.66. The lowest BCUT2D eigenvalue weighted by molar-refractivity contribution is 0.00327. The first-order valence-electron chi connectivity index (χ1n) is 9.09. The molecule has 1 aliphatic rings. The predicted octanol–water partition coefficient (Wildman–Crippen LogP) is 3.17. The second-order valence-corrected chi connectivity index (χ2v) is 6.70. The summed E-state index contributed by atoms with van der Waals surface area (Å²) in [6.45, 7) is 0.998. The van der Waals surface area contributed by atoms with Crippen LogP contribution in [0, 0.1) is 11.6 Å². The fourth-order valence-corrected chi connectivity index (χ4v) is 3.30. The predicted molar refractivity (Wildman–Crippen MR) is 101 cm³/mol. The Morgan fingerprint density at radius 2 is 2.03 bits per heavy atom. The Bertz CT molecular complexity index is 1030. The second-order valence-electron chi connectivity index (χ2n) is 6.70. The van der Waals surface area contributed by atoms with Crippen LogP contribution in [0.25, 0.3) is 11.3 Å². The molecule has 1 atom stereocenters. The number of nitrogens with one attached hydrogen (secondary N) is 1. The largest absolute Gasteiger partial charge is 0.496 e. The summed E-state index contributed by atoms with van der Waals surface area (Å²) in [7, 11) is 1.61. The second kappa shape index (κ2) is 8.00. The van der Waals surface area contributed by atoms with Crippen molar-refractivity contribution in [3.8, 4) is 17.0 Å². The van der Waals surface area contributed by atoms with Crippen molar-refractivity contribution in [2.24, 2.45) is 0 Å². The Hall–Kier alpha value is -3.26. The van der Waals surface area contributed by atoms with E-state index in [9.17, 15) is 13.6 Å². The zero-order valence-corrected chi connectivity index (χ0v) is 15.7. The van der Waals surface area contributed by atoms with Gasteiger partial charge in [-0.05, 0) is 24.3 Å². The van der Waals surface area contributed by atoms with Gasteiger partial charge in [-0.1, -0.05) is 12.1 Å². The molecule has 0 fully saturated rings. The highest BCUT2D eigenvalue weighted by Gasteiger charge is 2.23. The third-order valence-corrected chi connectivity index (χ3v) is 4.71. The van der Waals surface area contributed by atoms with E-state index in [4.69, 9.17) is 9.47 Å². The van der Waals surface area contributed by atoms with Crippen molar-refractivity contribution in [3.05, 3.63) is 71.7 Å². The van der Waals surface area contributed by atoms with Gasteiger partial charge in [-0.25, -0.2) is 13.8 Å². The highest BCUT2D eigenvalue weighted by molar-refractivity contribution is 5.94. The van der Waals surface area contributed by atoms with Gasteiger partial charge in [0, 0.05) is 29.9 Å². The zero-order valence-electron chi connectivity index (χ0n) is 15.7. The number of amides is 1. The molecule has 150 valence electrons. The van der Waals surface area contributed by atoms with E-state index in [1.165, 1.54) is 0 Å². The summed E-state index contributed by atoms with van der Waals surface area (Å²) in [6, 6.07) is 10.3. The number of para-hydroxylation sites is 1. The number of fused-ring (bicyclic) bond motifs is 1. The molecule has 2 aromatic carbocycles. The van der Waals surface area contributed by atoms with E-state index in [0.29, 0.717) is 13.2 Å². The van der Waals surface area contributed by atoms with Gasteiger partial charge in [0.25, 0.3) is 5.91 Å². The fourth-order valence-electron chi connectivity index (χ4n) is 3.30. The molecule has 0 bridgehead atoms. The number of carbonyl (C=O) groups excluding carboxylic acids is 1. The normalized spacial score (nSPS) is 15.6. The van der Waals surface area contributed by atoms with Gasteiger partial charge in [0.15, 0.2) is 0 Å². The van der Waals surface area contributed by atoms with Crippen molar-refractivity contribution in [1.29, 1.82) is 0 Å². The minimum atomic E-state index is -0.795. The van der Waals surface area contributed by atoms with Crippen molar-refractivity contribution in [2.45, 2.75) is 19.3 Å². The van der Waals surface area contributed by atoms with Crippen LogP contribution in [-0.4, -0.2) is 35.2 Å². The van der Waals surface area contributed by atoms with E-state index in [-0.39, 0.29) is 18.2 Å². The number of carbonyl (C=O) groups is 1. The molecule has 29 heavy (non-hydrogen) atoms. The van der Waals surface area contributed by atoms with Gasteiger partial charge >= 0.3 is 0 Å². The number of ether oxygens (including phenoxy) is 2. The van der Waals surface area contributed by atoms with Crippen LogP contribution in [0.5, 0.6) is 5.75 Å². The SMILES string of the molecule is COc1ccccc1-c1cn2c(n1)CO[C@@H](CNC(=O)c1cc(F)cc(F)c1)C2. The molecule has 0 radical (unpaired) electrons. The number of benzene rings is 2. The third-order valence-electron chi connectivity index (χ3n) is 4.71. The van der Waals surface area contributed by atoms with Crippen LogP contribution in [0.4, 0.5) is 8.78 Å². The number of hydrogen-bond acceptors (Lipinski definition) is 4. The van der Waals surface area contributed by atoms with Crippen molar-refractivity contribution >= 4 is 5.91 Å². The first kappa shape index (κ1) is 19.1. The van der Waals surface area contributed by atoms with E-state index in [2.05, 4.69) is 10.3 Å². The highest BCUT2D eigenvalue weighted by Crippen LogP contribution is 2.30. The molecule has 3 aromatic rings. The lowest BCUT2D eigenvalue weighted by atomic mass is 10.1. The summed E-state index contributed by atoms with van der Waals surface area (Å²) in [5.74, 6) is -0.638. The molecule has 0 aliphatic carbocycles. The Balaban J connectivity index is 1.43. The quantitative estimate of drug-likeness (QED) is 0.716. The van der Waals surface area contributed by atoms with Crippen LogP contribution in [0.15, 0.2) is 48.7 Å². The van der Waals surface area contributed by atoms with Gasteiger partial charge in [0.2, 0.25) is 0 Å². The number of nitrogens with zero attached hydrogens (tertiary/aromatic N) is 2. The summed E-state index contributed by atoms with van der Waals surface area (Å²) in [4.78, 5) is 16.8. The molecule has 0 unspecified atom stereocenters. The van der Waals surface area contributed by atoms with E-state index >= 15 is 0 Å². The zero-order chi connectivity index (χ0) is 20.4. The topological polar surface area (TPSA) is 65.4 Å². The highest BCUT2D eigenvalue weighted by atomic mass is 19.1. The molecule has 8 heteroatoms. The summed E-state index contributed by atoms with van der Waals surface area (Å²) in [6.07, 6.45) is 1.64. The van der Waals surface area contributed by atoms with Gasteiger partial charge in [-0.3, -0.25) is 4.79 Å². The van der Waals surface area contributed by atoms with E-state index < -0.39 is 17.5 Å². The number of aromatic nitrogens is 2. The van der Waals surface area contributed by atoms with Crippen molar-refractivity contribution in [1.82, 2.24) is 14.9 Å². The third kappa shape index (κ3) is 4.12. The maximum Gasteiger partial charge on any atom is 0.251 e. The van der Waals surface area contributed by atoms with Gasteiger partial charge < -0.3 is 19.4 Å². The van der Waals surface area contributed by atoms with Gasteiger partial charge in [-0.2, -0.15) is 0 Å². The monoisotopic (exact) mass is 399 g/mol. The van der Waals surface area contributed by atoms with Crippen molar-refractivity contribution in [2.75, 3.05) is 13.7 Å². The van der Waals surface area contributed by atoms with Crippen LogP contribution < -0.4 is 10.1 Å². The maximum absolute atomic E-state index is 13.3. The Labute approximate surface area is 166 Å². The Morgan fingerprint density at radius 3 is 2.79 bits per heavy atom. The van der Waals surface area contributed by atoms with Gasteiger partial charge in [0.05, 0.1) is 25.5 Å². The van der Waals surface area contributed by atoms with Crippen LogP contribution in [0.3, 0.4) is 0 Å². The first-order valence-corrected chi connectivity index (χ1v) is 9.09. The van der Waals surface area contributed by atoms with Crippen LogP contribution in [-0.2, 0) is 17.9 Å². The smallest absolute Gasteiger partial charge is 0.251 e. The number of hydrogen-bond donors (Lipinski definition) is 1. The first-order chi connectivity index (χ1) is 14.0. The van der Waals surface area contributed by atoms with Crippen molar-refractivity contribution in [3.63, 3.8) is 0 Å². The maximum atomic E-state index is 13.3. The number of methoxy groups -OCH3 is 1. The molecular weight excluding hydrogens is 380 g/mol. The average molecular weight is 399 g/mol. The molecule has 0 spiro atoms. The molecule has 1 N–H and O–H groups in total. The lowest BCUT2D eigenvalue weighted by Crippen LogP contribution is -2.38. The molecule has 1 aliphatic heterocycles. The molecule has 4 rings (SSSR count). The molecule has 6 nitrogen and oxygen atoms in total. The minimum Gasteiger partial charge on any atom is -0.496 e. The number of imidazole rings is 1. The lowest BCUT2D eigenvalue weighted by Gasteiger charge is -2.24. The van der Waals surface area contributed by atoms with E-state index in [1.807, 2.05) is 35.0 Å². The standard InChI is InChI=1S/C21H19F2N3O3/c1-28-19-5-3-2-4-17(19)18-11-26-10-16(29-12-20(26)25-18)9-24-21(27)13-6-14(22)8-15(23)7-13/h2-8,11,16H,9-10,12H2,1H3,(H,24,27)/t16-/m0/s1. The Morgan fingerprint density at radius 1 is 1.28 bits per heavy atom. The summed E-state index contributed by atoms with van der Waals surface area (Å²) in [5.41, 5.74) is 1.59. The van der Waals surface area contributed by atoms with Crippen molar-refractivity contribution < 1.29 is 23.0 Å². The van der Waals surface area contributed by atoms with E-state index in [1.54, 1.807) is 7.11 Å². The van der Waals surface area contributed by atoms with Gasteiger partial charge in [0.1, 0.15) is 29.8 Å². The summed E-state index contributed by atoms with van der Waals surface area (Å²) < 4.78 is 39.7. The van der Waals surface area contributed by atoms with Crippen LogP contribution >= 0.6 is 0 Å². The molecule has 1 amide bonds. The molecule has 0 saturated carbocycles. The van der Waals surface area contributed by atoms with Crippen LogP contribution in [0.2, 0.25) is 0 Å². The molecule has 0 saturated heterocycles. The number of halogens is 2. The number of rotatable bonds is 5. The molecule has 2 heterocycles. The van der Waals surface area contributed by atoms with E-state index in [0.717, 1.165) is 41.0 Å². The summed E-state index contributed by atoms with van der Waals surface area (Å²) >= 11 is 0.